The van der Waals surface area contributed by atoms with Crippen molar-refractivity contribution in [3.8, 4) is 0 Å². The summed E-state index contributed by atoms with van der Waals surface area (Å²) in [7, 11) is 0. The van der Waals surface area contributed by atoms with Crippen LogP contribution >= 0.6 is 11.3 Å². The number of aliphatic hydroxyl groups excluding tert-OH is 1. The van der Waals surface area contributed by atoms with E-state index in [1.54, 1.807) is 22.2 Å². The first kappa shape index (κ1) is 14.8. The topological polar surface area (TPSA) is 75.3 Å². The lowest BCUT2D eigenvalue weighted by atomic mass is 9.89. The molecule has 3 heterocycles. The number of fused-ring (bicyclic) bond motifs is 5. The van der Waals surface area contributed by atoms with Crippen molar-refractivity contribution in [1.82, 2.24) is 19.6 Å². The van der Waals surface area contributed by atoms with Gasteiger partial charge in [0.2, 0.25) is 5.95 Å². The maximum absolute atomic E-state index is 9.78. The van der Waals surface area contributed by atoms with E-state index in [9.17, 15) is 5.11 Å². The summed E-state index contributed by atoms with van der Waals surface area (Å²) in [6, 6.07) is 0. The number of nitrogens with one attached hydrogen (secondary N) is 1. The van der Waals surface area contributed by atoms with Crippen LogP contribution < -0.4 is 5.32 Å². The number of hydrogen-bond acceptors (Lipinski definition) is 6. The Hall–Kier alpha value is -1.73. The lowest BCUT2D eigenvalue weighted by Crippen LogP contribution is -2.20. The molecule has 0 aliphatic heterocycles. The largest absolute Gasteiger partial charge is 0.391 e. The van der Waals surface area contributed by atoms with Crippen LogP contribution in [0, 0.1) is 5.92 Å². The molecule has 0 fully saturated rings. The van der Waals surface area contributed by atoms with Gasteiger partial charge in [-0.05, 0) is 37.2 Å². The van der Waals surface area contributed by atoms with Gasteiger partial charge in [-0.25, -0.2) is 9.97 Å². The van der Waals surface area contributed by atoms with Crippen LogP contribution in [0.1, 0.15) is 37.1 Å². The molecule has 2 N–H and O–H groups in total. The SMILES string of the molecule is CCC(O)CNc1nc2sc3c(c2c2ncnn12)CC(C)CC3. The normalized spacial score (nSPS) is 19.2. The Bertz CT molecular complexity index is 855. The molecule has 23 heavy (non-hydrogen) atoms. The molecule has 7 heteroatoms. The third kappa shape index (κ3) is 2.48. The standard InChI is InChI=1S/C16H21N5OS/c1-3-10(22)7-17-16-20-15-13(14-18-8-19-21(14)16)11-6-9(2)4-5-12(11)23-15/h8-10,22H,3-7H2,1-2H3,(H,17,20). The van der Waals surface area contributed by atoms with Crippen LogP contribution in [-0.4, -0.2) is 37.3 Å². The number of nitrogens with zero attached hydrogens (tertiary/aromatic N) is 4. The molecule has 6 nitrogen and oxygen atoms in total. The highest BCUT2D eigenvalue weighted by Crippen LogP contribution is 2.39. The minimum absolute atomic E-state index is 0.386. The van der Waals surface area contributed by atoms with Gasteiger partial charge in [0.05, 0.1) is 11.5 Å². The molecule has 0 saturated carbocycles. The zero-order chi connectivity index (χ0) is 16.0. The number of anilines is 1. The summed E-state index contributed by atoms with van der Waals surface area (Å²) < 4.78 is 1.76. The van der Waals surface area contributed by atoms with Crippen molar-refractivity contribution in [3.05, 3.63) is 16.8 Å². The fraction of sp³-hybridized carbons (Fsp3) is 0.562. The first-order valence-electron chi connectivity index (χ1n) is 8.23. The van der Waals surface area contributed by atoms with Gasteiger partial charge in [-0.3, -0.25) is 0 Å². The van der Waals surface area contributed by atoms with Crippen molar-refractivity contribution in [3.63, 3.8) is 0 Å². The average molecular weight is 331 g/mol. The Morgan fingerprint density at radius 2 is 2.39 bits per heavy atom. The number of hydrogen-bond donors (Lipinski definition) is 2. The fourth-order valence-electron chi connectivity index (χ4n) is 3.23. The Balaban J connectivity index is 1.84. The number of aliphatic hydroxyl groups is 1. The van der Waals surface area contributed by atoms with Crippen molar-refractivity contribution < 1.29 is 5.11 Å². The highest BCUT2D eigenvalue weighted by atomic mass is 32.1. The number of thiophene rings is 1. The van der Waals surface area contributed by atoms with Gasteiger partial charge in [-0.1, -0.05) is 13.8 Å². The minimum atomic E-state index is -0.386. The van der Waals surface area contributed by atoms with Crippen LogP contribution in [0.15, 0.2) is 6.33 Å². The highest BCUT2D eigenvalue weighted by Gasteiger charge is 2.24. The van der Waals surface area contributed by atoms with Crippen LogP contribution in [-0.2, 0) is 12.8 Å². The molecule has 3 aromatic rings. The van der Waals surface area contributed by atoms with Gasteiger partial charge in [-0.2, -0.15) is 9.61 Å². The smallest absolute Gasteiger partial charge is 0.227 e. The molecule has 4 rings (SSSR count). The van der Waals surface area contributed by atoms with E-state index < -0.39 is 0 Å². The van der Waals surface area contributed by atoms with Gasteiger partial charge in [0.25, 0.3) is 0 Å². The average Bonchev–Trinajstić information content (AvgIpc) is 3.15. The van der Waals surface area contributed by atoms with E-state index >= 15 is 0 Å². The van der Waals surface area contributed by atoms with E-state index in [2.05, 4.69) is 22.3 Å². The third-order valence-electron chi connectivity index (χ3n) is 4.64. The van der Waals surface area contributed by atoms with Gasteiger partial charge in [-0.15, -0.1) is 11.3 Å². The maximum Gasteiger partial charge on any atom is 0.227 e. The highest BCUT2D eigenvalue weighted by molar-refractivity contribution is 7.19. The molecule has 2 unspecified atom stereocenters. The van der Waals surface area contributed by atoms with Crippen LogP contribution in [0.25, 0.3) is 15.9 Å². The summed E-state index contributed by atoms with van der Waals surface area (Å²) in [5.41, 5.74) is 2.28. The van der Waals surface area contributed by atoms with Gasteiger partial charge in [0.1, 0.15) is 11.2 Å². The van der Waals surface area contributed by atoms with E-state index in [1.807, 2.05) is 6.92 Å². The van der Waals surface area contributed by atoms with Crippen molar-refractivity contribution in [2.75, 3.05) is 11.9 Å². The minimum Gasteiger partial charge on any atom is -0.391 e. The molecular weight excluding hydrogens is 310 g/mol. The molecule has 0 aromatic carbocycles. The number of rotatable bonds is 4. The predicted molar refractivity (Wildman–Crippen MR) is 92.1 cm³/mol. The van der Waals surface area contributed by atoms with Gasteiger partial charge < -0.3 is 10.4 Å². The first-order chi connectivity index (χ1) is 11.2. The van der Waals surface area contributed by atoms with Crippen LogP contribution in [0.4, 0.5) is 5.95 Å². The van der Waals surface area contributed by atoms with Crippen LogP contribution in [0.3, 0.4) is 0 Å². The Morgan fingerprint density at radius 3 is 3.22 bits per heavy atom. The summed E-state index contributed by atoms with van der Waals surface area (Å²) >= 11 is 1.78. The summed E-state index contributed by atoms with van der Waals surface area (Å²) in [6.45, 7) is 4.73. The lowest BCUT2D eigenvalue weighted by Gasteiger charge is -2.18. The Labute approximate surface area is 138 Å². The van der Waals surface area contributed by atoms with Gasteiger partial charge in [0.15, 0.2) is 5.65 Å². The zero-order valence-corrected chi connectivity index (χ0v) is 14.2. The molecule has 0 amide bonds. The fourth-order valence-corrected chi connectivity index (χ4v) is 4.44. The second-order valence-electron chi connectivity index (χ2n) is 6.41. The Morgan fingerprint density at radius 1 is 1.52 bits per heavy atom. The number of aryl methyl sites for hydroxylation is 1. The van der Waals surface area contributed by atoms with E-state index in [1.165, 1.54) is 16.9 Å². The summed E-state index contributed by atoms with van der Waals surface area (Å²) in [4.78, 5) is 11.7. The molecule has 2 atom stereocenters. The molecule has 0 spiro atoms. The zero-order valence-electron chi connectivity index (χ0n) is 13.4. The van der Waals surface area contributed by atoms with E-state index in [4.69, 9.17) is 4.98 Å². The molecule has 1 aliphatic carbocycles. The van der Waals surface area contributed by atoms with E-state index in [-0.39, 0.29) is 6.10 Å². The quantitative estimate of drug-likeness (QED) is 0.769. The molecule has 0 radical (unpaired) electrons. The summed E-state index contributed by atoms with van der Waals surface area (Å²) in [6.07, 6.45) is 5.38. The number of aromatic nitrogens is 4. The maximum atomic E-state index is 9.78. The molecular formula is C16H21N5OS. The van der Waals surface area contributed by atoms with Crippen LogP contribution in [0.2, 0.25) is 0 Å². The second kappa shape index (κ2) is 5.72. The molecule has 0 saturated heterocycles. The summed E-state index contributed by atoms with van der Waals surface area (Å²) in [5, 5.41) is 18.5. The van der Waals surface area contributed by atoms with Crippen molar-refractivity contribution >= 4 is 33.1 Å². The summed E-state index contributed by atoms with van der Waals surface area (Å²) in [5.74, 6) is 1.37. The van der Waals surface area contributed by atoms with E-state index in [0.717, 1.165) is 28.7 Å². The monoisotopic (exact) mass is 331 g/mol. The van der Waals surface area contributed by atoms with Crippen molar-refractivity contribution in [2.45, 2.75) is 45.6 Å². The van der Waals surface area contributed by atoms with Gasteiger partial charge in [0, 0.05) is 11.4 Å². The van der Waals surface area contributed by atoms with Gasteiger partial charge >= 0.3 is 0 Å². The van der Waals surface area contributed by atoms with Crippen molar-refractivity contribution in [1.29, 1.82) is 0 Å². The third-order valence-corrected chi connectivity index (χ3v) is 5.82. The molecule has 122 valence electrons. The predicted octanol–water partition coefficient (Wildman–Crippen LogP) is 2.65. The van der Waals surface area contributed by atoms with Crippen molar-refractivity contribution in [2.24, 2.45) is 5.92 Å². The second-order valence-corrected chi connectivity index (χ2v) is 7.49. The first-order valence-corrected chi connectivity index (χ1v) is 9.05. The Kier molecular flexibility index (Phi) is 3.69. The lowest BCUT2D eigenvalue weighted by molar-refractivity contribution is 0.183. The van der Waals surface area contributed by atoms with E-state index in [0.29, 0.717) is 24.8 Å². The molecule has 3 aromatic heterocycles. The molecule has 1 aliphatic rings. The molecule has 0 bridgehead atoms. The van der Waals surface area contributed by atoms with Crippen LogP contribution in [0.5, 0.6) is 0 Å².